The Hall–Kier alpha value is -3.11. The van der Waals surface area contributed by atoms with Crippen LogP contribution in [0, 0.1) is 17.1 Å². The molecule has 186 valence electrons. The van der Waals surface area contributed by atoms with E-state index >= 15 is 0 Å². The molecule has 0 spiro atoms. The van der Waals surface area contributed by atoms with Gasteiger partial charge in [-0.25, -0.2) is 4.39 Å². The second-order valence-corrected chi connectivity index (χ2v) is 7.96. The van der Waals surface area contributed by atoms with E-state index in [9.17, 15) is 4.39 Å². The number of ether oxygens (including phenoxy) is 1. The van der Waals surface area contributed by atoms with Crippen molar-refractivity contribution in [2.24, 2.45) is 0 Å². The second kappa shape index (κ2) is 15.7. The summed E-state index contributed by atoms with van der Waals surface area (Å²) in [6.45, 7) is 8.88. The lowest BCUT2D eigenvalue weighted by atomic mass is 10.1. The predicted octanol–water partition coefficient (Wildman–Crippen LogP) is 5.76. The summed E-state index contributed by atoms with van der Waals surface area (Å²) in [4.78, 5) is 4.69. The molecule has 35 heavy (non-hydrogen) atoms. The van der Waals surface area contributed by atoms with Crippen LogP contribution in [0.3, 0.4) is 0 Å². The van der Waals surface area contributed by atoms with Crippen LogP contribution >= 0.6 is 11.6 Å². The fraction of sp³-hybridized carbons (Fsp3) is 0.321. The van der Waals surface area contributed by atoms with E-state index in [1.165, 1.54) is 17.7 Å². The summed E-state index contributed by atoms with van der Waals surface area (Å²) < 4.78 is 17.3. The van der Waals surface area contributed by atoms with Crippen molar-refractivity contribution < 1.29 is 14.2 Å². The highest BCUT2D eigenvalue weighted by Gasteiger charge is 2.19. The van der Waals surface area contributed by atoms with Crippen LogP contribution in [0.4, 0.5) is 10.1 Å². The molecule has 7 heteroatoms. The first kappa shape index (κ1) is 28.1. The molecule has 0 aliphatic carbocycles. The van der Waals surface area contributed by atoms with Crippen LogP contribution in [0.2, 0.25) is 5.02 Å². The highest BCUT2D eigenvalue weighted by atomic mass is 35.5. The third-order valence-electron chi connectivity index (χ3n) is 5.21. The van der Waals surface area contributed by atoms with E-state index in [1.807, 2.05) is 50.2 Å². The van der Waals surface area contributed by atoms with Gasteiger partial charge in [0.25, 0.3) is 0 Å². The Morgan fingerprint density at radius 3 is 2.14 bits per heavy atom. The normalized spacial score (nSPS) is 13.0. The quantitative estimate of drug-likeness (QED) is 0.469. The molecule has 0 bridgehead atoms. The van der Waals surface area contributed by atoms with Gasteiger partial charge in [-0.05, 0) is 42.0 Å². The average molecular weight is 498 g/mol. The van der Waals surface area contributed by atoms with E-state index in [0.717, 1.165) is 38.4 Å². The Balaban J connectivity index is 0.000000407. The number of piperazine rings is 1. The Labute approximate surface area is 212 Å². The molecule has 0 saturated carbocycles. The molecular weight excluding hydrogens is 465 g/mol. The number of hydrogen-bond acceptors (Lipinski definition) is 5. The van der Waals surface area contributed by atoms with Gasteiger partial charge in [0.2, 0.25) is 0 Å². The number of nitrogens with zero attached hydrogens (tertiary/aromatic N) is 3. The molecule has 0 radical (unpaired) electrons. The van der Waals surface area contributed by atoms with Crippen LogP contribution < -0.4 is 9.64 Å². The lowest BCUT2D eigenvalue weighted by Gasteiger charge is -2.36. The minimum atomic E-state index is -0.178. The first-order valence-corrected chi connectivity index (χ1v) is 12.2. The molecule has 3 aromatic carbocycles. The largest absolute Gasteiger partial charge is 0.491 e. The molecule has 0 aromatic heterocycles. The number of benzene rings is 3. The molecule has 1 fully saturated rings. The van der Waals surface area contributed by atoms with E-state index < -0.39 is 0 Å². The minimum absolute atomic E-state index is 0.0133. The summed E-state index contributed by atoms with van der Waals surface area (Å²) in [5.41, 5.74) is 2.93. The van der Waals surface area contributed by atoms with E-state index in [1.54, 1.807) is 24.3 Å². The molecule has 0 amide bonds. The van der Waals surface area contributed by atoms with Gasteiger partial charge in [-0.2, -0.15) is 5.26 Å². The molecule has 0 atom stereocenters. The van der Waals surface area contributed by atoms with Crippen molar-refractivity contribution >= 4 is 17.3 Å². The number of nitriles is 1. The molecule has 5 nitrogen and oxygen atoms in total. The Morgan fingerprint density at radius 2 is 1.63 bits per heavy atom. The van der Waals surface area contributed by atoms with Gasteiger partial charge < -0.3 is 14.7 Å². The first-order valence-electron chi connectivity index (χ1n) is 11.8. The van der Waals surface area contributed by atoms with E-state index in [-0.39, 0.29) is 19.0 Å². The van der Waals surface area contributed by atoms with E-state index in [0.29, 0.717) is 16.3 Å². The van der Waals surface area contributed by atoms with Crippen molar-refractivity contribution in [3.8, 4) is 11.8 Å². The Bertz CT molecular complexity index is 1030. The molecule has 1 N–H and O–H groups in total. The van der Waals surface area contributed by atoms with Crippen molar-refractivity contribution in [3.05, 3.63) is 94.8 Å². The smallest absolute Gasteiger partial charge is 0.123 e. The molecule has 1 aliphatic rings. The molecule has 1 saturated heterocycles. The maximum absolute atomic E-state index is 11.9. The van der Waals surface area contributed by atoms with E-state index in [4.69, 9.17) is 26.7 Å². The van der Waals surface area contributed by atoms with Crippen molar-refractivity contribution in [1.82, 2.24) is 4.90 Å². The number of halogens is 2. The van der Waals surface area contributed by atoms with E-state index in [2.05, 4.69) is 15.9 Å². The molecule has 4 rings (SSSR count). The number of anilines is 1. The van der Waals surface area contributed by atoms with Gasteiger partial charge in [0.05, 0.1) is 28.9 Å². The maximum Gasteiger partial charge on any atom is 0.123 e. The zero-order valence-corrected chi connectivity index (χ0v) is 21.1. The highest BCUT2D eigenvalue weighted by molar-refractivity contribution is 6.33. The van der Waals surface area contributed by atoms with Gasteiger partial charge in [-0.3, -0.25) is 4.90 Å². The van der Waals surface area contributed by atoms with Crippen LogP contribution in [-0.4, -0.2) is 49.4 Å². The van der Waals surface area contributed by atoms with Crippen LogP contribution in [0.15, 0.2) is 72.8 Å². The highest BCUT2D eigenvalue weighted by Crippen LogP contribution is 2.30. The fourth-order valence-electron chi connectivity index (χ4n) is 3.50. The summed E-state index contributed by atoms with van der Waals surface area (Å²) in [5, 5.41) is 18.4. The lowest BCUT2D eigenvalue weighted by molar-refractivity contribution is 0.201. The maximum atomic E-state index is 11.9. The monoisotopic (exact) mass is 497 g/mol. The summed E-state index contributed by atoms with van der Waals surface area (Å²) in [6, 6.07) is 23.5. The molecule has 1 aliphatic heterocycles. The summed E-state index contributed by atoms with van der Waals surface area (Å²) in [6.07, 6.45) is 0. The topological polar surface area (TPSA) is 59.7 Å². The molecule has 1 heterocycles. The van der Waals surface area contributed by atoms with Crippen LogP contribution in [0.25, 0.3) is 0 Å². The summed E-state index contributed by atoms with van der Waals surface area (Å²) in [5.74, 6) is 0.495. The van der Waals surface area contributed by atoms with Gasteiger partial charge in [0.1, 0.15) is 18.2 Å². The number of rotatable bonds is 6. The molecular formula is C28H33ClFN3O2. The molecule has 3 aromatic rings. The molecule has 0 unspecified atom stereocenters. The fourth-order valence-corrected chi connectivity index (χ4v) is 3.79. The zero-order valence-electron chi connectivity index (χ0n) is 20.3. The Kier molecular flexibility index (Phi) is 12.6. The number of hydrogen-bond donors (Lipinski definition) is 1. The van der Waals surface area contributed by atoms with Gasteiger partial charge in [-0.1, -0.05) is 55.8 Å². The van der Waals surface area contributed by atoms with Crippen LogP contribution in [0.1, 0.15) is 25.0 Å². The number of aliphatic hydroxyl groups is 1. The Morgan fingerprint density at radius 1 is 0.971 bits per heavy atom. The third kappa shape index (κ3) is 9.58. The zero-order chi connectivity index (χ0) is 25.5. The predicted molar refractivity (Wildman–Crippen MR) is 140 cm³/mol. The third-order valence-corrected chi connectivity index (χ3v) is 5.52. The van der Waals surface area contributed by atoms with Crippen LogP contribution in [-0.2, 0) is 6.54 Å². The summed E-state index contributed by atoms with van der Waals surface area (Å²) >= 11 is 6.41. The lowest BCUT2D eigenvalue weighted by Crippen LogP contribution is -2.46. The van der Waals surface area contributed by atoms with Gasteiger partial charge in [0.15, 0.2) is 0 Å². The standard InChI is InChI=1S/C20H22ClN3O2.C6H5F.C2H6/c21-19-13-18(26-12-11-25)5-6-20(19)24-9-7-23(8-10-24)15-17-3-1-16(14-22)2-4-17;7-6-4-2-1-3-5-6;1-2/h1-6,13,25H,7-12,15H2;1-5H;1-2H3. The average Bonchev–Trinajstić information content (AvgIpc) is 2.90. The van der Waals surface area contributed by atoms with Crippen molar-refractivity contribution in [3.63, 3.8) is 0 Å². The van der Waals surface area contributed by atoms with Crippen molar-refractivity contribution in [1.29, 1.82) is 5.26 Å². The van der Waals surface area contributed by atoms with Crippen molar-refractivity contribution in [2.75, 3.05) is 44.3 Å². The summed E-state index contributed by atoms with van der Waals surface area (Å²) in [7, 11) is 0. The van der Waals surface area contributed by atoms with Crippen molar-refractivity contribution in [2.45, 2.75) is 20.4 Å². The first-order chi connectivity index (χ1) is 17.1. The van der Waals surface area contributed by atoms with Gasteiger partial charge in [-0.15, -0.1) is 0 Å². The van der Waals surface area contributed by atoms with Gasteiger partial charge >= 0.3 is 0 Å². The second-order valence-electron chi connectivity index (χ2n) is 7.55. The van der Waals surface area contributed by atoms with Gasteiger partial charge in [0, 0.05) is 38.8 Å². The van der Waals surface area contributed by atoms with Crippen LogP contribution in [0.5, 0.6) is 5.75 Å². The number of aliphatic hydroxyl groups excluding tert-OH is 1. The minimum Gasteiger partial charge on any atom is -0.491 e. The SMILES string of the molecule is CC.Fc1ccccc1.N#Cc1ccc(CN2CCN(c3ccc(OCCO)cc3Cl)CC2)cc1.